The summed E-state index contributed by atoms with van der Waals surface area (Å²) in [5, 5.41) is 1.18. The van der Waals surface area contributed by atoms with Crippen LogP contribution in [0.3, 0.4) is 0 Å². The summed E-state index contributed by atoms with van der Waals surface area (Å²) in [4.78, 5) is 18.4. The number of nitrogens with zero attached hydrogens (tertiary/aromatic N) is 1. The minimum atomic E-state index is -0.0518. The Morgan fingerprint density at radius 2 is 1.92 bits per heavy atom. The largest absolute Gasteiger partial charge is 0.376 e. The molecule has 2 aromatic carbocycles. The summed E-state index contributed by atoms with van der Waals surface area (Å²) in [6.07, 6.45) is 4.30. The molecule has 1 fully saturated rings. The number of hydrogen-bond donors (Lipinski definition) is 1. The van der Waals surface area contributed by atoms with Crippen LogP contribution in [0.4, 0.5) is 0 Å². The number of ether oxygens (including phenoxy) is 1. The highest BCUT2D eigenvalue weighted by molar-refractivity contribution is 6.00. The van der Waals surface area contributed by atoms with Crippen molar-refractivity contribution in [3.05, 3.63) is 71.4 Å². The Kier molecular flexibility index (Phi) is 3.38. The molecule has 0 bridgehead atoms. The molecule has 0 unspecified atom stereocenters. The number of rotatable bonds is 3. The third-order valence-electron chi connectivity index (χ3n) is 5.40. The lowest BCUT2D eigenvalue weighted by Crippen LogP contribution is -2.35. The fourth-order valence-electron chi connectivity index (χ4n) is 4.22. The molecule has 25 heavy (non-hydrogen) atoms. The van der Waals surface area contributed by atoms with E-state index in [4.69, 9.17) is 4.74 Å². The van der Waals surface area contributed by atoms with E-state index in [9.17, 15) is 4.79 Å². The molecule has 0 spiro atoms. The molecule has 2 atom stereocenters. The van der Waals surface area contributed by atoms with Crippen LogP contribution < -0.4 is 0 Å². The molecule has 126 valence electrons. The van der Waals surface area contributed by atoms with Crippen LogP contribution in [0.5, 0.6) is 0 Å². The maximum atomic E-state index is 13.1. The molecule has 1 amide bonds. The van der Waals surface area contributed by atoms with Crippen molar-refractivity contribution in [2.75, 3.05) is 13.2 Å². The standard InChI is InChI=1S/C21H20N2O2/c24-21-17-9-2-1-8-16(17)20(23(21)13-14-6-5-11-25-14)18-12-22-19-10-4-3-7-15(18)19/h1-4,7-10,12,14,20,22H,5-6,11,13H2/t14-,20-/m1/s1. The molecule has 1 N–H and O–H groups in total. The lowest BCUT2D eigenvalue weighted by Gasteiger charge is -2.27. The van der Waals surface area contributed by atoms with Crippen LogP contribution in [-0.4, -0.2) is 35.0 Å². The number of hydrogen-bond acceptors (Lipinski definition) is 2. The van der Waals surface area contributed by atoms with Gasteiger partial charge >= 0.3 is 0 Å². The van der Waals surface area contributed by atoms with Gasteiger partial charge in [-0.05, 0) is 30.5 Å². The average Bonchev–Trinajstić information content (AvgIpc) is 3.36. The lowest BCUT2D eigenvalue weighted by molar-refractivity contribution is 0.0500. The molecule has 1 saturated heterocycles. The topological polar surface area (TPSA) is 45.3 Å². The molecular weight excluding hydrogens is 312 g/mol. The highest BCUT2D eigenvalue weighted by atomic mass is 16.5. The van der Waals surface area contributed by atoms with Crippen molar-refractivity contribution in [3.8, 4) is 0 Å². The zero-order valence-electron chi connectivity index (χ0n) is 13.9. The maximum Gasteiger partial charge on any atom is 0.255 e. The molecule has 2 aliphatic heterocycles. The van der Waals surface area contributed by atoms with E-state index in [1.165, 1.54) is 5.39 Å². The third kappa shape index (κ3) is 2.29. The van der Waals surface area contributed by atoms with Crippen LogP contribution in [0.2, 0.25) is 0 Å². The van der Waals surface area contributed by atoms with Crippen LogP contribution in [0.15, 0.2) is 54.7 Å². The first-order chi connectivity index (χ1) is 12.3. The summed E-state index contributed by atoms with van der Waals surface area (Å²) in [6, 6.07) is 16.2. The molecule has 2 aliphatic rings. The predicted octanol–water partition coefficient (Wildman–Crippen LogP) is 3.89. The molecule has 4 nitrogen and oxygen atoms in total. The summed E-state index contributed by atoms with van der Waals surface area (Å²) in [6.45, 7) is 1.45. The number of carbonyl (C=O) groups excluding carboxylic acids is 1. The number of benzene rings is 2. The van der Waals surface area contributed by atoms with Crippen molar-refractivity contribution >= 4 is 16.8 Å². The van der Waals surface area contributed by atoms with E-state index in [0.717, 1.165) is 41.7 Å². The van der Waals surface area contributed by atoms with Gasteiger partial charge in [-0.2, -0.15) is 0 Å². The second-order valence-corrected chi connectivity index (χ2v) is 6.87. The first kappa shape index (κ1) is 14.7. The number of fused-ring (bicyclic) bond motifs is 2. The van der Waals surface area contributed by atoms with Crippen LogP contribution in [-0.2, 0) is 4.74 Å². The quantitative estimate of drug-likeness (QED) is 0.791. The first-order valence-electron chi connectivity index (χ1n) is 8.90. The molecular formula is C21H20N2O2. The van der Waals surface area contributed by atoms with Crippen molar-refractivity contribution in [2.45, 2.75) is 25.0 Å². The van der Waals surface area contributed by atoms with Crippen LogP contribution in [0, 0.1) is 0 Å². The highest BCUT2D eigenvalue weighted by Crippen LogP contribution is 2.41. The SMILES string of the molecule is O=C1c2ccccc2[C@H](c2c[nH]c3ccccc23)N1C[C@H]1CCCO1. The summed E-state index contributed by atoms with van der Waals surface area (Å²) in [7, 11) is 0. The fraction of sp³-hybridized carbons (Fsp3) is 0.286. The van der Waals surface area contributed by atoms with Gasteiger partial charge in [-0.25, -0.2) is 0 Å². The Morgan fingerprint density at radius 1 is 1.08 bits per heavy atom. The maximum absolute atomic E-state index is 13.1. The van der Waals surface area contributed by atoms with E-state index < -0.39 is 0 Å². The summed E-state index contributed by atoms with van der Waals surface area (Å²) in [5.74, 6) is 0.112. The summed E-state index contributed by atoms with van der Waals surface area (Å²) in [5.41, 5.74) is 4.17. The average molecular weight is 332 g/mol. The fourth-order valence-corrected chi connectivity index (χ4v) is 4.22. The Morgan fingerprint density at radius 3 is 2.80 bits per heavy atom. The molecule has 4 heteroatoms. The van der Waals surface area contributed by atoms with E-state index in [2.05, 4.69) is 23.2 Å². The van der Waals surface area contributed by atoms with Gasteiger partial charge in [0.2, 0.25) is 0 Å². The van der Waals surface area contributed by atoms with Crippen molar-refractivity contribution in [1.82, 2.24) is 9.88 Å². The van der Waals surface area contributed by atoms with Gasteiger partial charge < -0.3 is 14.6 Å². The van der Waals surface area contributed by atoms with Gasteiger partial charge in [0, 0.05) is 41.4 Å². The normalized spacial score (nSPS) is 22.7. The Balaban J connectivity index is 1.63. The molecule has 5 rings (SSSR count). The van der Waals surface area contributed by atoms with Gasteiger partial charge in [0.15, 0.2) is 0 Å². The molecule has 0 radical (unpaired) electrons. The van der Waals surface area contributed by atoms with Crippen molar-refractivity contribution < 1.29 is 9.53 Å². The lowest BCUT2D eigenvalue weighted by atomic mass is 9.97. The van der Waals surface area contributed by atoms with Gasteiger partial charge in [-0.1, -0.05) is 36.4 Å². The van der Waals surface area contributed by atoms with Gasteiger partial charge in [0.25, 0.3) is 5.91 Å². The second kappa shape index (κ2) is 5.74. The minimum Gasteiger partial charge on any atom is -0.376 e. The molecule has 0 saturated carbocycles. The van der Waals surface area contributed by atoms with Crippen LogP contribution >= 0.6 is 0 Å². The zero-order valence-corrected chi connectivity index (χ0v) is 13.9. The minimum absolute atomic E-state index is 0.0518. The molecule has 3 aromatic rings. The number of nitrogens with one attached hydrogen (secondary N) is 1. The highest BCUT2D eigenvalue weighted by Gasteiger charge is 2.39. The van der Waals surface area contributed by atoms with Gasteiger partial charge in [0.1, 0.15) is 0 Å². The van der Waals surface area contributed by atoms with Crippen molar-refractivity contribution in [3.63, 3.8) is 0 Å². The number of H-pyrrole nitrogens is 1. The van der Waals surface area contributed by atoms with E-state index in [0.29, 0.717) is 6.54 Å². The number of aromatic amines is 1. The zero-order chi connectivity index (χ0) is 16.8. The summed E-state index contributed by atoms with van der Waals surface area (Å²) < 4.78 is 5.81. The van der Waals surface area contributed by atoms with Gasteiger partial charge in [0.05, 0.1) is 12.1 Å². The number of aromatic nitrogens is 1. The van der Waals surface area contributed by atoms with Crippen molar-refractivity contribution in [1.29, 1.82) is 0 Å². The Bertz CT molecular complexity index is 940. The van der Waals surface area contributed by atoms with Crippen molar-refractivity contribution in [2.24, 2.45) is 0 Å². The second-order valence-electron chi connectivity index (χ2n) is 6.87. The Hall–Kier alpha value is -2.59. The number of carbonyl (C=O) groups is 1. The van der Waals surface area contributed by atoms with Gasteiger partial charge in [-0.15, -0.1) is 0 Å². The van der Waals surface area contributed by atoms with E-state index >= 15 is 0 Å². The number of para-hydroxylation sites is 1. The van der Waals surface area contributed by atoms with Gasteiger partial charge in [-0.3, -0.25) is 4.79 Å². The molecule has 3 heterocycles. The Labute approximate surface area is 146 Å². The number of amides is 1. The molecule has 0 aliphatic carbocycles. The van der Waals surface area contributed by atoms with E-state index in [1.807, 2.05) is 41.4 Å². The van der Waals surface area contributed by atoms with Crippen LogP contribution in [0.1, 0.15) is 40.4 Å². The predicted molar refractivity (Wildman–Crippen MR) is 96.6 cm³/mol. The third-order valence-corrected chi connectivity index (χ3v) is 5.40. The smallest absolute Gasteiger partial charge is 0.255 e. The van der Waals surface area contributed by atoms with E-state index in [-0.39, 0.29) is 18.1 Å². The van der Waals surface area contributed by atoms with Crippen LogP contribution in [0.25, 0.3) is 10.9 Å². The molecule has 1 aromatic heterocycles. The monoisotopic (exact) mass is 332 g/mol. The van der Waals surface area contributed by atoms with E-state index in [1.54, 1.807) is 0 Å². The summed E-state index contributed by atoms with van der Waals surface area (Å²) >= 11 is 0. The first-order valence-corrected chi connectivity index (χ1v) is 8.90.